The van der Waals surface area contributed by atoms with E-state index in [-0.39, 0.29) is 11.2 Å². The Morgan fingerprint density at radius 3 is 2.32 bits per heavy atom. The highest BCUT2D eigenvalue weighted by Crippen LogP contribution is 2.35. The van der Waals surface area contributed by atoms with E-state index < -0.39 is 12.8 Å². The number of alkyl halides is 3. The Hall–Kier alpha value is -2.28. The Balaban J connectivity index is 1.61. The van der Waals surface area contributed by atoms with Gasteiger partial charge in [0.05, 0.1) is 5.69 Å². The van der Waals surface area contributed by atoms with Crippen molar-refractivity contribution < 1.29 is 17.9 Å². The molecule has 0 unspecified atom stereocenters. The maximum atomic E-state index is 12.5. The maximum Gasteiger partial charge on any atom is 0.422 e. The largest absolute Gasteiger partial charge is 0.482 e. The van der Waals surface area contributed by atoms with Gasteiger partial charge in [-0.25, -0.2) is 0 Å². The zero-order valence-corrected chi connectivity index (χ0v) is 16.4. The van der Waals surface area contributed by atoms with Crippen molar-refractivity contribution >= 4 is 23.0 Å². The SMILES string of the molecule is CC1(c2ccccc2)CCN(C(=S)Nc2ccccc2OCC(F)(F)F)CC1. The first-order chi connectivity index (χ1) is 13.3. The van der Waals surface area contributed by atoms with E-state index in [0.29, 0.717) is 10.8 Å². The molecule has 1 fully saturated rings. The highest BCUT2D eigenvalue weighted by atomic mass is 32.1. The van der Waals surface area contributed by atoms with Crippen molar-refractivity contribution in [2.75, 3.05) is 25.0 Å². The summed E-state index contributed by atoms with van der Waals surface area (Å²) >= 11 is 5.50. The molecule has 1 saturated heterocycles. The second kappa shape index (κ2) is 8.39. The summed E-state index contributed by atoms with van der Waals surface area (Å²) in [5.41, 5.74) is 1.86. The van der Waals surface area contributed by atoms with E-state index in [1.54, 1.807) is 18.2 Å². The van der Waals surface area contributed by atoms with Crippen molar-refractivity contribution in [1.82, 2.24) is 4.90 Å². The third kappa shape index (κ3) is 5.16. The van der Waals surface area contributed by atoms with Crippen LogP contribution in [0.3, 0.4) is 0 Å². The lowest BCUT2D eigenvalue weighted by molar-refractivity contribution is -0.153. The lowest BCUT2D eigenvalue weighted by Crippen LogP contribution is -2.45. The summed E-state index contributed by atoms with van der Waals surface area (Å²) in [5, 5.41) is 3.55. The molecular weight excluding hydrogens is 385 g/mol. The van der Waals surface area contributed by atoms with Gasteiger partial charge >= 0.3 is 6.18 Å². The molecule has 150 valence electrons. The summed E-state index contributed by atoms with van der Waals surface area (Å²) in [6.07, 6.45) is -2.49. The average molecular weight is 408 g/mol. The number of nitrogens with one attached hydrogen (secondary N) is 1. The minimum Gasteiger partial charge on any atom is -0.482 e. The van der Waals surface area contributed by atoms with Crippen molar-refractivity contribution in [3.8, 4) is 5.75 Å². The van der Waals surface area contributed by atoms with E-state index >= 15 is 0 Å². The number of piperidine rings is 1. The molecule has 3 rings (SSSR count). The molecule has 0 radical (unpaired) electrons. The molecule has 0 saturated carbocycles. The second-order valence-electron chi connectivity index (χ2n) is 7.24. The van der Waals surface area contributed by atoms with Crippen LogP contribution >= 0.6 is 12.2 Å². The van der Waals surface area contributed by atoms with Gasteiger partial charge in [0.25, 0.3) is 0 Å². The van der Waals surface area contributed by atoms with Gasteiger partial charge in [-0.1, -0.05) is 49.4 Å². The Bertz CT molecular complexity index is 803. The van der Waals surface area contributed by atoms with E-state index in [9.17, 15) is 13.2 Å². The van der Waals surface area contributed by atoms with Crippen LogP contribution in [-0.2, 0) is 5.41 Å². The molecule has 2 aromatic rings. The number of anilines is 1. The number of para-hydroxylation sites is 2. The fourth-order valence-corrected chi connectivity index (χ4v) is 3.67. The van der Waals surface area contributed by atoms with Gasteiger partial charge in [-0.2, -0.15) is 13.2 Å². The van der Waals surface area contributed by atoms with Gasteiger partial charge in [-0.05, 0) is 48.2 Å². The van der Waals surface area contributed by atoms with Gasteiger partial charge in [-0.15, -0.1) is 0 Å². The standard InChI is InChI=1S/C21H23F3N2OS/c1-20(16-7-3-2-4-8-16)11-13-26(14-12-20)19(28)25-17-9-5-6-10-18(17)27-15-21(22,23)24/h2-10H,11-15H2,1H3,(H,25,28). The van der Waals surface area contributed by atoms with Crippen molar-refractivity contribution in [1.29, 1.82) is 0 Å². The molecular formula is C21H23F3N2OS. The molecule has 0 amide bonds. The van der Waals surface area contributed by atoms with Crippen molar-refractivity contribution in [3.05, 3.63) is 60.2 Å². The molecule has 0 aliphatic carbocycles. The average Bonchev–Trinajstić information content (AvgIpc) is 2.68. The molecule has 1 aliphatic heterocycles. The van der Waals surface area contributed by atoms with Crippen LogP contribution in [0.2, 0.25) is 0 Å². The molecule has 0 atom stereocenters. The van der Waals surface area contributed by atoms with E-state index in [1.165, 1.54) is 11.6 Å². The zero-order chi connectivity index (χ0) is 20.2. The number of nitrogens with zero attached hydrogens (tertiary/aromatic N) is 1. The van der Waals surface area contributed by atoms with Crippen LogP contribution < -0.4 is 10.1 Å². The van der Waals surface area contributed by atoms with Gasteiger partial charge in [0.2, 0.25) is 0 Å². The molecule has 1 aliphatic rings. The first-order valence-corrected chi connectivity index (χ1v) is 9.58. The minimum atomic E-state index is -4.39. The molecule has 3 nitrogen and oxygen atoms in total. The van der Waals surface area contributed by atoms with E-state index in [0.717, 1.165) is 25.9 Å². The van der Waals surface area contributed by atoms with Crippen LogP contribution in [0.5, 0.6) is 5.75 Å². The maximum absolute atomic E-state index is 12.5. The van der Waals surface area contributed by atoms with Gasteiger partial charge < -0.3 is 15.0 Å². The lowest BCUT2D eigenvalue weighted by atomic mass is 9.75. The fourth-order valence-electron chi connectivity index (χ4n) is 3.38. The van der Waals surface area contributed by atoms with Gasteiger partial charge in [0.1, 0.15) is 5.75 Å². The molecule has 1 N–H and O–H groups in total. The molecule has 7 heteroatoms. The van der Waals surface area contributed by atoms with Crippen LogP contribution in [0, 0.1) is 0 Å². The Labute approximate surface area is 168 Å². The summed E-state index contributed by atoms with van der Waals surface area (Å²) in [5.74, 6) is 0.133. The first kappa shape index (κ1) is 20.5. The Morgan fingerprint density at radius 2 is 1.68 bits per heavy atom. The normalized spacial score (nSPS) is 16.5. The number of ether oxygens (including phenoxy) is 1. The zero-order valence-electron chi connectivity index (χ0n) is 15.6. The summed E-state index contributed by atoms with van der Waals surface area (Å²) in [7, 11) is 0. The topological polar surface area (TPSA) is 24.5 Å². The predicted molar refractivity (Wildman–Crippen MR) is 109 cm³/mol. The quantitative estimate of drug-likeness (QED) is 0.687. The fraction of sp³-hybridized carbons (Fsp3) is 0.381. The molecule has 2 aromatic carbocycles. The Morgan fingerprint density at radius 1 is 1.07 bits per heavy atom. The molecule has 28 heavy (non-hydrogen) atoms. The summed E-state index contributed by atoms with van der Waals surface area (Å²) in [4.78, 5) is 2.06. The molecule has 0 bridgehead atoms. The first-order valence-electron chi connectivity index (χ1n) is 9.17. The molecule has 0 spiro atoms. The third-order valence-electron chi connectivity index (χ3n) is 5.14. The third-order valence-corrected chi connectivity index (χ3v) is 5.51. The second-order valence-corrected chi connectivity index (χ2v) is 7.63. The predicted octanol–water partition coefficient (Wildman–Crippen LogP) is 5.38. The van der Waals surface area contributed by atoms with E-state index in [2.05, 4.69) is 41.4 Å². The van der Waals surface area contributed by atoms with Gasteiger partial charge in [-0.3, -0.25) is 0 Å². The molecule has 0 aromatic heterocycles. The summed E-state index contributed by atoms with van der Waals surface area (Å²) < 4.78 is 42.3. The monoisotopic (exact) mass is 408 g/mol. The number of rotatable bonds is 4. The summed E-state index contributed by atoms with van der Waals surface area (Å²) in [6.45, 7) is 2.49. The lowest BCUT2D eigenvalue weighted by Gasteiger charge is -2.41. The van der Waals surface area contributed by atoms with Gasteiger partial charge in [0, 0.05) is 13.1 Å². The molecule has 1 heterocycles. The number of halogens is 3. The van der Waals surface area contributed by atoms with Crippen LogP contribution in [0.4, 0.5) is 18.9 Å². The number of hydrogen-bond acceptors (Lipinski definition) is 2. The van der Waals surface area contributed by atoms with Crippen LogP contribution in [0.25, 0.3) is 0 Å². The highest BCUT2D eigenvalue weighted by molar-refractivity contribution is 7.80. The minimum absolute atomic E-state index is 0.0983. The van der Waals surface area contributed by atoms with Crippen LogP contribution in [0.1, 0.15) is 25.3 Å². The summed E-state index contributed by atoms with van der Waals surface area (Å²) in [6, 6.07) is 16.9. The highest BCUT2D eigenvalue weighted by Gasteiger charge is 2.32. The van der Waals surface area contributed by atoms with Gasteiger partial charge in [0.15, 0.2) is 11.7 Å². The Kier molecular flexibility index (Phi) is 6.13. The number of likely N-dealkylation sites (tertiary alicyclic amines) is 1. The van der Waals surface area contributed by atoms with Crippen LogP contribution in [-0.4, -0.2) is 35.9 Å². The van der Waals surface area contributed by atoms with Crippen molar-refractivity contribution in [2.45, 2.75) is 31.4 Å². The van der Waals surface area contributed by atoms with Crippen LogP contribution in [0.15, 0.2) is 54.6 Å². The number of hydrogen-bond donors (Lipinski definition) is 1. The smallest absolute Gasteiger partial charge is 0.422 e. The van der Waals surface area contributed by atoms with E-state index in [1.807, 2.05) is 6.07 Å². The van der Waals surface area contributed by atoms with E-state index in [4.69, 9.17) is 17.0 Å². The van der Waals surface area contributed by atoms with Crippen molar-refractivity contribution in [3.63, 3.8) is 0 Å². The van der Waals surface area contributed by atoms with Crippen molar-refractivity contribution in [2.24, 2.45) is 0 Å². The number of thiocarbonyl (C=S) groups is 1. The number of benzene rings is 2.